The zero-order valence-electron chi connectivity index (χ0n) is 18.1. The summed E-state index contributed by atoms with van der Waals surface area (Å²) in [5.41, 5.74) is 1.85. The highest BCUT2D eigenvalue weighted by Gasteiger charge is 2.28. The molecule has 3 heteroatoms. The summed E-state index contributed by atoms with van der Waals surface area (Å²) in [7, 11) is 0. The lowest BCUT2D eigenvalue weighted by atomic mass is 9.70. The molecular formula is C26H36F2O. The Kier molecular flexibility index (Phi) is 8.32. The van der Waals surface area contributed by atoms with Gasteiger partial charge in [0.2, 0.25) is 5.82 Å². The van der Waals surface area contributed by atoms with Crippen LogP contribution in [0.15, 0.2) is 36.1 Å². The van der Waals surface area contributed by atoms with Crippen LogP contribution in [0.1, 0.15) is 83.6 Å². The second kappa shape index (κ2) is 10.9. The Morgan fingerprint density at radius 1 is 1.00 bits per heavy atom. The monoisotopic (exact) mass is 402 g/mol. The van der Waals surface area contributed by atoms with Gasteiger partial charge in [0.05, 0.1) is 6.26 Å². The number of aryl methyl sites for hydroxylation is 1. The molecule has 0 aromatic heterocycles. The molecule has 1 atom stereocenters. The fourth-order valence-electron chi connectivity index (χ4n) is 5.21. The largest absolute Gasteiger partial charge is 0.462 e. The van der Waals surface area contributed by atoms with E-state index in [2.05, 4.69) is 13.0 Å². The molecule has 160 valence electrons. The smallest absolute Gasteiger partial charge is 0.201 e. The standard InChI is InChI=1S/C26H36F2O/c1-3-5-19-6-11-21(12-7-19)22-13-8-20(9-14-22)10-15-23-16-17-24(29-18-4-2)26(28)25(23)27/h4,8,16-19,21-22H,3,5-7,9-15H2,1-2H3/b18-4+. The fourth-order valence-corrected chi connectivity index (χ4v) is 5.21. The van der Waals surface area contributed by atoms with Crippen LogP contribution in [0, 0.1) is 29.4 Å². The second-order valence-electron chi connectivity index (χ2n) is 8.90. The average Bonchev–Trinajstić information content (AvgIpc) is 2.75. The molecule has 1 aromatic carbocycles. The van der Waals surface area contributed by atoms with Crippen LogP contribution in [-0.2, 0) is 6.42 Å². The maximum Gasteiger partial charge on any atom is 0.201 e. The maximum atomic E-state index is 14.3. The number of hydrogen-bond acceptors (Lipinski definition) is 1. The van der Waals surface area contributed by atoms with Gasteiger partial charge in [-0.3, -0.25) is 0 Å². The Labute approximate surface area is 175 Å². The number of hydrogen-bond donors (Lipinski definition) is 0. The molecule has 3 rings (SSSR count). The van der Waals surface area contributed by atoms with Gasteiger partial charge in [0.1, 0.15) is 0 Å². The van der Waals surface area contributed by atoms with Crippen LogP contribution < -0.4 is 4.74 Å². The minimum Gasteiger partial charge on any atom is -0.462 e. The SMILES string of the molecule is C/C=C/Oc1ccc(CCC2=CCC(C3CCC(CCC)CC3)CC2)c(F)c1F. The van der Waals surface area contributed by atoms with E-state index in [0.717, 1.165) is 30.6 Å². The van der Waals surface area contributed by atoms with E-state index in [-0.39, 0.29) is 5.75 Å². The van der Waals surface area contributed by atoms with Gasteiger partial charge >= 0.3 is 0 Å². The summed E-state index contributed by atoms with van der Waals surface area (Å²) >= 11 is 0. The van der Waals surface area contributed by atoms with Crippen molar-refractivity contribution in [3.63, 3.8) is 0 Å². The van der Waals surface area contributed by atoms with Crippen molar-refractivity contribution in [3.8, 4) is 5.75 Å². The van der Waals surface area contributed by atoms with Crippen molar-refractivity contribution in [2.45, 2.75) is 84.5 Å². The molecule has 1 fully saturated rings. The number of halogens is 2. The first kappa shape index (κ1) is 22.1. The van der Waals surface area contributed by atoms with Crippen LogP contribution in [0.5, 0.6) is 5.75 Å². The molecular weight excluding hydrogens is 366 g/mol. The first-order valence-corrected chi connectivity index (χ1v) is 11.5. The van der Waals surface area contributed by atoms with Crippen molar-refractivity contribution < 1.29 is 13.5 Å². The Morgan fingerprint density at radius 3 is 2.45 bits per heavy atom. The van der Waals surface area contributed by atoms with Gasteiger partial charge in [-0.15, -0.1) is 0 Å². The molecule has 2 aliphatic rings. The van der Waals surface area contributed by atoms with Crippen molar-refractivity contribution in [1.29, 1.82) is 0 Å². The molecule has 29 heavy (non-hydrogen) atoms. The molecule has 0 N–H and O–H groups in total. The van der Waals surface area contributed by atoms with Gasteiger partial charge in [0, 0.05) is 0 Å². The molecule has 1 nitrogen and oxygen atoms in total. The molecule has 0 spiro atoms. The molecule has 0 bridgehead atoms. The third-order valence-corrected chi connectivity index (χ3v) is 6.97. The Hall–Kier alpha value is -1.64. The molecule has 1 aromatic rings. The van der Waals surface area contributed by atoms with E-state index in [9.17, 15) is 8.78 Å². The van der Waals surface area contributed by atoms with E-state index >= 15 is 0 Å². The lowest BCUT2D eigenvalue weighted by molar-refractivity contribution is 0.186. The normalized spacial score (nSPS) is 25.2. The summed E-state index contributed by atoms with van der Waals surface area (Å²) in [5, 5.41) is 0. The van der Waals surface area contributed by atoms with Crippen LogP contribution >= 0.6 is 0 Å². The molecule has 0 amide bonds. The van der Waals surface area contributed by atoms with E-state index in [4.69, 9.17) is 4.74 Å². The zero-order chi connectivity index (χ0) is 20.6. The summed E-state index contributed by atoms with van der Waals surface area (Å²) in [4.78, 5) is 0. The Balaban J connectivity index is 1.48. The highest BCUT2D eigenvalue weighted by atomic mass is 19.2. The topological polar surface area (TPSA) is 9.23 Å². The number of rotatable bonds is 8. The minimum absolute atomic E-state index is 0.0577. The predicted octanol–water partition coefficient (Wildman–Crippen LogP) is 8.14. The van der Waals surface area contributed by atoms with E-state index in [1.54, 1.807) is 19.1 Å². The van der Waals surface area contributed by atoms with E-state index in [1.807, 2.05) is 0 Å². The Bertz CT molecular complexity index is 714. The van der Waals surface area contributed by atoms with Crippen molar-refractivity contribution in [2.75, 3.05) is 0 Å². The second-order valence-corrected chi connectivity index (χ2v) is 8.90. The van der Waals surface area contributed by atoms with E-state index in [1.165, 1.54) is 69.3 Å². The first-order valence-electron chi connectivity index (χ1n) is 11.5. The minimum atomic E-state index is -0.892. The lowest BCUT2D eigenvalue weighted by Crippen LogP contribution is -2.23. The molecule has 0 heterocycles. The fraction of sp³-hybridized carbons (Fsp3) is 0.615. The summed E-state index contributed by atoms with van der Waals surface area (Å²) < 4.78 is 33.6. The van der Waals surface area contributed by atoms with Gasteiger partial charge in [0.15, 0.2) is 11.6 Å². The maximum absolute atomic E-state index is 14.3. The third kappa shape index (κ3) is 5.93. The van der Waals surface area contributed by atoms with Crippen molar-refractivity contribution in [3.05, 3.63) is 53.3 Å². The van der Waals surface area contributed by atoms with Crippen LogP contribution in [0.4, 0.5) is 8.78 Å². The molecule has 1 unspecified atom stereocenters. The summed E-state index contributed by atoms with van der Waals surface area (Å²) in [6, 6.07) is 3.17. The van der Waals surface area contributed by atoms with Crippen molar-refractivity contribution in [2.24, 2.45) is 17.8 Å². The van der Waals surface area contributed by atoms with Crippen LogP contribution in [0.2, 0.25) is 0 Å². The molecule has 0 aliphatic heterocycles. The van der Waals surface area contributed by atoms with Crippen molar-refractivity contribution >= 4 is 0 Å². The van der Waals surface area contributed by atoms with Gasteiger partial charge in [-0.1, -0.05) is 56.4 Å². The lowest BCUT2D eigenvalue weighted by Gasteiger charge is -2.35. The molecule has 2 aliphatic carbocycles. The first-order chi connectivity index (χ1) is 14.1. The highest BCUT2D eigenvalue weighted by molar-refractivity contribution is 5.32. The number of benzene rings is 1. The number of ether oxygens (including phenoxy) is 1. The molecule has 0 radical (unpaired) electrons. The summed E-state index contributed by atoms with van der Waals surface area (Å²) in [5.74, 6) is 0.978. The Morgan fingerprint density at radius 2 is 1.79 bits per heavy atom. The quantitative estimate of drug-likeness (QED) is 0.315. The molecule has 1 saturated carbocycles. The van der Waals surface area contributed by atoms with Crippen LogP contribution in [0.3, 0.4) is 0 Å². The number of allylic oxidation sites excluding steroid dienone is 3. The summed E-state index contributed by atoms with van der Waals surface area (Å²) in [6.07, 6.45) is 18.7. The highest BCUT2D eigenvalue weighted by Crippen LogP contribution is 2.41. The summed E-state index contributed by atoms with van der Waals surface area (Å²) in [6.45, 7) is 4.06. The van der Waals surface area contributed by atoms with Gasteiger partial charge in [0.25, 0.3) is 0 Å². The third-order valence-electron chi connectivity index (χ3n) is 6.97. The molecule has 0 saturated heterocycles. The van der Waals surface area contributed by atoms with E-state index < -0.39 is 11.6 Å². The van der Waals surface area contributed by atoms with Crippen molar-refractivity contribution in [1.82, 2.24) is 0 Å². The average molecular weight is 403 g/mol. The van der Waals surface area contributed by atoms with Gasteiger partial charge in [-0.25, -0.2) is 4.39 Å². The van der Waals surface area contributed by atoms with Gasteiger partial charge in [-0.2, -0.15) is 4.39 Å². The van der Waals surface area contributed by atoms with E-state index in [0.29, 0.717) is 12.0 Å². The van der Waals surface area contributed by atoms with Gasteiger partial charge in [-0.05, 0) is 81.3 Å². The van der Waals surface area contributed by atoms with Gasteiger partial charge < -0.3 is 4.74 Å². The zero-order valence-corrected chi connectivity index (χ0v) is 18.1. The predicted molar refractivity (Wildman–Crippen MR) is 116 cm³/mol. The van der Waals surface area contributed by atoms with Crippen LogP contribution in [-0.4, -0.2) is 0 Å². The van der Waals surface area contributed by atoms with Crippen LogP contribution in [0.25, 0.3) is 0 Å².